The van der Waals surface area contributed by atoms with Crippen LogP contribution in [0, 0.1) is 0 Å². The molecular formula is C24H26N8O. The van der Waals surface area contributed by atoms with E-state index in [1.807, 2.05) is 41.9 Å². The van der Waals surface area contributed by atoms with Crippen molar-refractivity contribution in [2.24, 2.45) is 0 Å². The van der Waals surface area contributed by atoms with Crippen LogP contribution in [-0.4, -0.2) is 47.6 Å². The molecule has 4 aromatic heterocycles. The average Bonchev–Trinajstić information content (AvgIpc) is 3.20. The van der Waals surface area contributed by atoms with Crippen molar-refractivity contribution >= 4 is 28.9 Å². The molecule has 168 valence electrons. The molecule has 1 saturated carbocycles. The Balaban J connectivity index is 1.32. The van der Waals surface area contributed by atoms with Crippen molar-refractivity contribution < 1.29 is 4.79 Å². The maximum absolute atomic E-state index is 13.4. The molecule has 2 N–H and O–H groups in total. The zero-order chi connectivity index (χ0) is 22.4. The summed E-state index contributed by atoms with van der Waals surface area (Å²) in [5.74, 6) is 2.72. The Morgan fingerprint density at radius 3 is 2.94 bits per heavy atom. The molecule has 2 fully saturated rings. The predicted molar refractivity (Wildman–Crippen MR) is 125 cm³/mol. The Kier molecular flexibility index (Phi) is 4.63. The van der Waals surface area contributed by atoms with Crippen LogP contribution < -0.4 is 10.2 Å². The number of nitrogens with zero attached hydrogens (tertiary/aromatic N) is 6. The number of hydrogen-bond donors (Lipinski definition) is 2. The van der Waals surface area contributed by atoms with Crippen LogP contribution in [0.4, 0.5) is 17.6 Å². The first-order chi connectivity index (χ1) is 16.1. The van der Waals surface area contributed by atoms with Gasteiger partial charge in [-0.1, -0.05) is 0 Å². The van der Waals surface area contributed by atoms with Crippen LogP contribution in [0.25, 0.3) is 5.52 Å². The van der Waals surface area contributed by atoms with E-state index >= 15 is 0 Å². The Labute approximate surface area is 191 Å². The number of pyridine rings is 1. The average molecular weight is 443 g/mol. The molecule has 5 heterocycles. The van der Waals surface area contributed by atoms with Gasteiger partial charge in [-0.3, -0.25) is 14.9 Å². The highest BCUT2D eigenvalue weighted by Gasteiger charge is 2.44. The molecule has 33 heavy (non-hydrogen) atoms. The Morgan fingerprint density at radius 2 is 2.12 bits per heavy atom. The highest BCUT2D eigenvalue weighted by Crippen LogP contribution is 2.40. The van der Waals surface area contributed by atoms with Crippen molar-refractivity contribution in [3.63, 3.8) is 0 Å². The van der Waals surface area contributed by atoms with Crippen molar-refractivity contribution in [1.29, 1.82) is 0 Å². The Bertz CT molecular complexity index is 1310. The number of anilines is 3. The highest BCUT2D eigenvalue weighted by molar-refractivity contribution is 5.93. The number of H-pyrrole nitrogens is 1. The number of aromatic nitrogens is 6. The summed E-state index contributed by atoms with van der Waals surface area (Å²) in [5, 5.41) is 15.7. The van der Waals surface area contributed by atoms with Crippen molar-refractivity contribution in [1.82, 2.24) is 29.8 Å². The van der Waals surface area contributed by atoms with E-state index in [9.17, 15) is 4.79 Å². The fourth-order valence-electron chi connectivity index (χ4n) is 4.70. The van der Waals surface area contributed by atoms with E-state index in [1.165, 1.54) is 12.8 Å². The molecule has 0 amide bonds. The molecule has 0 bridgehead atoms. The van der Waals surface area contributed by atoms with E-state index in [4.69, 9.17) is 10.1 Å². The van der Waals surface area contributed by atoms with Crippen LogP contribution in [-0.2, 0) is 11.2 Å². The molecule has 0 radical (unpaired) electrons. The van der Waals surface area contributed by atoms with Gasteiger partial charge in [-0.2, -0.15) is 10.1 Å². The first kappa shape index (κ1) is 19.9. The third-order valence-electron chi connectivity index (χ3n) is 6.84. The van der Waals surface area contributed by atoms with Gasteiger partial charge in [0, 0.05) is 49.2 Å². The van der Waals surface area contributed by atoms with Gasteiger partial charge < -0.3 is 10.2 Å². The zero-order valence-electron chi connectivity index (χ0n) is 18.5. The molecule has 1 aliphatic heterocycles. The molecule has 0 spiro atoms. The molecule has 6 rings (SSSR count). The third-order valence-corrected chi connectivity index (χ3v) is 6.84. The number of rotatable bonds is 7. The Morgan fingerprint density at radius 1 is 1.27 bits per heavy atom. The van der Waals surface area contributed by atoms with Crippen LogP contribution in [0.15, 0.2) is 48.9 Å². The third kappa shape index (κ3) is 3.63. The predicted octanol–water partition coefficient (Wildman–Crippen LogP) is 3.64. The lowest BCUT2D eigenvalue weighted by molar-refractivity contribution is -0.122. The largest absolute Gasteiger partial charge is 0.327 e. The van der Waals surface area contributed by atoms with Gasteiger partial charge in [-0.05, 0) is 62.4 Å². The van der Waals surface area contributed by atoms with Gasteiger partial charge >= 0.3 is 0 Å². The van der Waals surface area contributed by atoms with Crippen LogP contribution in [0.3, 0.4) is 0 Å². The lowest BCUT2D eigenvalue weighted by Gasteiger charge is -2.34. The minimum atomic E-state index is -0.660. The van der Waals surface area contributed by atoms with E-state index in [2.05, 4.69) is 31.5 Å². The summed E-state index contributed by atoms with van der Waals surface area (Å²) in [4.78, 5) is 24.4. The van der Waals surface area contributed by atoms with E-state index in [0.29, 0.717) is 24.1 Å². The number of carbonyl (C=O) groups is 1. The summed E-state index contributed by atoms with van der Waals surface area (Å²) < 4.78 is 1.81. The van der Waals surface area contributed by atoms with Crippen molar-refractivity contribution in [3.05, 3.63) is 60.2 Å². The molecule has 4 aromatic rings. The van der Waals surface area contributed by atoms with E-state index in [-0.39, 0.29) is 5.78 Å². The second kappa shape index (κ2) is 7.68. The van der Waals surface area contributed by atoms with Gasteiger partial charge in [0.05, 0.1) is 5.54 Å². The smallest absolute Gasteiger partial charge is 0.246 e. The molecule has 1 aliphatic carbocycles. The standard InChI is InChI=1S/C24H26N8O/c1-24(20(33)14-16-7-10-25-11-8-16)9-3-12-31(24)23-27-22(19-4-2-13-32(19)30-23)26-21-15-18(28-29-21)17-5-6-17/h2,4,7-8,10-11,13,15,17H,3,5-6,9,12,14H2,1H3,(H2,26,27,28,29,30)/t24-/m0/s1. The van der Waals surface area contributed by atoms with Crippen LogP contribution in [0.1, 0.15) is 49.8 Å². The van der Waals surface area contributed by atoms with Gasteiger partial charge in [0.1, 0.15) is 5.52 Å². The number of carbonyl (C=O) groups excluding carboxylic acids is 1. The number of fused-ring (bicyclic) bond motifs is 1. The molecule has 2 aliphatic rings. The fraction of sp³-hybridized carbons (Fsp3) is 0.375. The number of hydrogen-bond acceptors (Lipinski definition) is 7. The summed E-state index contributed by atoms with van der Waals surface area (Å²) in [6.45, 7) is 2.74. The number of nitrogens with one attached hydrogen (secondary N) is 2. The van der Waals surface area contributed by atoms with Gasteiger partial charge in [-0.15, -0.1) is 5.10 Å². The fourth-order valence-corrected chi connectivity index (χ4v) is 4.70. The van der Waals surface area contributed by atoms with Gasteiger partial charge in [-0.25, -0.2) is 4.52 Å². The van der Waals surface area contributed by atoms with Crippen LogP contribution >= 0.6 is 0 Å². The summed E-state index contributed by atoms with van der Waals surface area (Å²) in [7, 11) is 0. The molecule has 1 atom stereocenters. The normalized spacial score (nSPS) is 20.5. The second-order valence-corrected chi connectivity index (χ2v) is 9.19. The highest BCUT2D eigenvalue weighted by atomic mass is 16.1. The minimum Gasteiger partial charge on any atom is -0.327 e. The van der Waals surface area contributed by atoms with Crippen molar-refractivity contribution in [2.45, 2.75) is 50.5 Å². The topological polar surface area (TPSA) is 104 Å². The zero-order valence-corrected chi connectivity index (χ0v) is 18.5. The molecule has 9 heteroatoms. The van der Waals surface area contributed by atoms with Crippen molar-refractivity contribution in [3.8, 4) is 0 Å². The van der Waals surface area contributed by atoms with E-state index in [1.54, 1.807) is 12.4 Å². The first-order valence-corrected chi connectivity index (χ1v) is 11.5. The number of Topliss-reactive ketones (excluding diaryl/α,β-unsaturated/α-hetero) is 1. The molecule has 9 nitrogen and oxygen atoms in total. The molecule has 0 unspecified atom stereocenters. The monoisotopic (exact) mass is 442 g/mol. The van der Waals surface area contributed by atoms with Crippen LogP contribution in [0.2, 0.25) is 0 Å². The van der Waals surface area contributed by atoms with Crippen molar-refractivity contribution in [2.75, 3.05) is 16.8 Å². The van der Waals surface area contributed by atoms with Gasteiger partial charge in [0.15, 0.2) is 17.4 Å². The SMILES string of the molecule is C[C@@]1(C(=O)Cc2ccncc2)CCCN1c1nc(Nc2cc(C3CC3)[nH]n2)c2cccn2n1. The second-order valence-electron chi connectivity index (χ2n) is 9.19. The number of ketones is 1. The molecule has 0 aromatic carbocycles. The van der Waals surface area contributed by atoms with E-state index in [0.717, 1.165) is 42.0 Å². The lowest BCUT2D eigenvalue weighted by Crippen LogP contribution is -2.49. The number of aromatic amines is 1. The Hall–Kier alpha value is -3.75. The summed E-state index contributed by atoms with van der Waals surface area (Å²) in [6.07, 6.45) is 9.83. The summed E-state index contributed by atoms with van der Waals surface area (Å²) >= 11 is 0. The van der Waals surface area contributed by atoms with Crippen LogP contribution in [0.5, 0.6) is 0 Å². The molecule has 1 saturated heterocycles. The van der Waals surface area contributed by atoms with Gasteiger partial charge in [0.2, 0.25) is 5.95 Å². The minimum absolute atomic E-state index is 0.165. The maximum Gasteiger partial charge on any atom is 0.246 e. The summed E-state index contributed by atoms with van der Waals surface area (Å²) in [6, 6.07) is 9.75. The maximum atomic E-state index is 13.4. The lowest BCUT2D eigenvalue weighted by atomic mass is 9.89. The first-order valence-electron chi connectivity index (χ1n) is 11.5. The molecular weight excluding hydrogens is 416 g/mol. The quantitative estimate of drug-likeness (QED) is 0.450. The summed E-state index contributed by atoms with van der Waals surface area (Å²) in [5.41, 5.74) is 2.33. The van der Waals surface area contributed by atoms with E-state index < -0.39 is 5.54 Å². The van der Waals surface area contributed by atoms with Gasteiger partial charge in [0.25, 0.3) is 0 Å².